The number of carbonyl (C=O) groups excluding carboxylic acids is 2. The lowest BCUT2D eigenvalue weighted by Gasteiger charge is -2.11. The molecule has 0 aliphatic carbocycles. The summed E-state index contributed by atoms with van der Waals surface area (Å²) < 4.78 is 8.32. The first-order chi connectivity index (χ1) is 10.7. The van der Waals surface area contributed by atoms with E-state index in [4.69, 9.17) is 0 Å². The minimum Gasteiger partial charge on any atom is -0.352 e. The summed E-state index contributed by atoms with van der Waals surface area (Å²) in [6.07, 6.45) is 2.02. The first-order valence-corrected chi connectivity index (χ1v) is 7.76. The van der Waals surface area contributed by atoms with Crippen molar-refractivity contribution in [2.45, 2.75) is 32.2 Å². The summed E-state index contributed by atoms with van der Waals surface area (Å²) in [4.78, 5) is 22.8. The van der Waals surface area contributed by atoms with Crippen molar-refractivity contribution in [3.8, 4) is 0 Å². The second-order valence-electron chi connectivity index (χ2n) is 5.08. The molecule has 1 aliphatic heterocycles. The van der Waals surface area contributed by atoms with Crippen LogP contribution in [0.15, 0.2) is 23.3 Å². The Balaban J connectivity index is 1.46. The van der Waals surface area contributed by atoms with Gasteiger partial charge in [0.05, 0.1) is 11.7 Å². The van der Waals surface area contributed by atoms with E-state index < -0.39 is 0 Å². The molecule has 1 aromatic carbocycles. The fourth-order valence-corrected chi connectivity index (χ4v) is 2.69. The van der Waals surface area contributed by atoms with Crippen molar-refractivity contribution in [2.24, 2.45) is 5.10 Å². The molecule has 2 heterocycles. The highest BCUT2D eigenvalue weighted by atomic mass is 32.1. The summed E-state index contributed by atoms with van der Waals surface area (Å²) >= 11 is 1.18. The minimum atomic E-state index is -0.0693. The van der Waals surface area contributed by atoms with E-state index in [0.29, 0.717) is 32.2 Å². The Labute approximate surface area is 131 Å². The van der Waals surface area contributed by atoms with E-state index >= 15 is 0 Å². The van der Waals surface area contributed by atoms with Gasteiger partial charge in [-0.15, -0.1) is 0 Å². The number of carbonyl (C=O) groups is 2. The van der Waals surface area contributed by atoms with E-state index in [2.05, 4.69) is 24.6 Å². The first kappa shape index (κ1) is 14.6. The minimum absolute atomic E-state index is 0.0314. The monoisotopic (exact) mass is 317 g/mol. The van der Waals surface area contributed by atoms with Gasteiger partial charge >= 0.3 is 0 Å². The van der Waals surface area contributed by atoms with Crippen molar-refractivity contribution in [2.75, 3.05) is 0 Å². The van der Waals surface area contributed by atoms with Crippen molar-refractivity contribution in [1.29, 1.82) is 0 Å². The Morgan fingerprint density at radius 1 is 1.27 bits per heavy atom. The lowest BCUT2D eigenvalue weighted by Crippen LogP contribution is -2.27. The molecule has 0 saturated heterocycles. The molecular formula is C14H15N5O2S. The van der Waals surface area contributed by atoms with Gasteiger partial charge in [0.15, 0.2) is 0 Å². The van der Waals surface area contributed by atoms with Crippen molar-refractivity contribution >= 4 is 40.3 Å². The van der Waals surface area contributed by atoms with Crippen molar-refractivity contribution in [3.05, 3.63) is 23.8 Å². The number of rotatable bonds is 5. The summed E-state index contributed by atoms with van der Waals surface area (Å²) in [6.45, 7) is 0.468. The molecule has 0 bridgehead atoms. The molecule has 0 fully saturated rings. The normalized spacial score (nSPS) is 14.5. The maximum absolute atomic E-state index is 11.9. The molecule has 3 rings (SSSR count). The Kier molecular flexibility index (Phi) is 4.38. The first-order valence-electron chi connectivity index (χ1n) is 7.03. The zero-order valence-corrected chi connectivity index (χ0v) is 12.7. The molecular weight excluding hydrogens is 302 g/mol. The van der Waals surface area contributed by atoms with Crippen LogP contribution < -0.4 is 10.7 Å². The molecule has 7 nitrogen and oxygen atoms in total. The van der Waals surface area contributed by atoms with Crippen molar-refractivity contribution < 1.29 is 9.59 Å². The lowest BCUT2D eigenvalue weighted by atomic mass is 10.1. The molecule has 2 aromatic rings. The molecule has 0 saturated carbocycles. The number of hydrazone groups is 1. The Bertz CT molecular complexity index is 740. The average molecular weight is 317 g/mol. The standard InChI is InChI=1S/C14H15N5O2S/c20-13(5-2-10-3-6-14(21)17-16-10)15-8-9-1-4-11-12(7-9)19-22-18-11/h1,4,7H,2-3,5-6,8H2,(H,15,20)(H,17,21). The number of hydrogen-bond acceptors (Lipinski definition) is 6. The molecule has 2 amide bonds. The summed E-state index contributed by atoms with van der Waals surface area (Å²) in [5.41, 5.74) is 6.02. The zero-order chi connectivity index (χ0) is 15.4. The van der Waals surface area contributed by atoms with Crippen molar-refractivity contribution in [1.82, 2.24) is 19.5 Å². The van der Waals surface area contributed by atoms with Gasteiger partial charge in [-0.05, 0) is 30.5 Å². The van der Waals surface area contributed by atoms with Gasteiger partial charge in [-0.2, -0.15) is 13.8 Å². The van der Waals surface area contributed by atoms with Gasteiger partial charge in [0, 0.05) is 25.1 Å². The number of nitrogens with one attached hydrogen (secondary N) is 2. The van der Waals surface area contributed by atoms with Crippen LogP contribution in [-0.2, 0) is 16.1 Å². The number of aromatic nitrogens is 2. The number of benzene rings is 1. The Hall–Kier alpha value is -2.35. The molecule has 0 spiro atoms. The maximum Gasteiger partial charge on any atom is 0.240 e. The summed E-state index contributed by atoms with van der Waals surface area (Å²) in [7, 11) is 0. The van der Waals surface area contributed by atoms with Gasteiger partial charge in [-0.1, -0.05) is 6.07 Å². The van der Waals surface area contributed by atoms with Gasteiger partial charge in [-0.3, -0.25) is 9.59 Å². The second kappa shape index (κ2) is 6.61. The predicted octanol–water partition coefficient (Wildman–Crippen LogP) is 1.35. The zero-order valence-electron chi connectivity index (χ0n) is 11.8. The smallest absolute Gasteiger partial charge is 0.240 e. The number of nitrogens with zero attached hydrogens (tertiary/aromatic N) is 3. The quantitative estimate of drug-likeness (QED) is 0.870. The van der Waals surface area contributed by atoms with Crippen LogP contribution in [0.5, 0.6) is 0 Å². The van der Waals surface area contributed by atoms with E-state index in [1.165, 1.54) is 11.7 Å². The van der Waals surface area contributed by atoms with E-state index in [-0.39, 0.29) is 11.8 Å². The molecule has 0 atom stereocenters. The van der Waals surface area contributed by atoms with Crippen LogP contribution in [0.2, 0.25) is 0 Å². The fraction of sp³-hybridized carbons (Fsp3) is 0.357. The van der Waals surface area contributed by atoms with Crippen LogP contribution in [-0.4, -0.2) is 26.3 Å². The largest absolute Gasteiger partial charge is 0.352 e. The van der Waals surface area contributed by atoms with Crippen LogP contribution in [0.25, 0.3) is 11.0 Å². The number of hydrogen-bond donors (Lipinski definition) is 2. The van der Waals surface area contributed by atoms with Crippen molar-refractivity contribution in [3.63, 3.8) is 0 Å². The number of fused-ring (bicyclic) bond motifs is 1. The molecule has 1 aromatic heterocycles. The summed E-state index contributed by atoms with van der Waals surface area (Å²) in [6, 6.07) is 5.77. The molecule has 114 valence electrons. The van der Waals surface area contributed by atoms with E-state index in [0.717, 1.165) is 22.3 Å². The molecule has 2 N–H and O–H groups in total. The average Bonchev–Trinajstić information content (AvgIpc) is 3.00. The molecule has 8 heteroatoms. The summed E-state index contributed by atoms with van der Waals surface area (Å²) in [5, 5.41) is 6.83. The molecule has 22 heavy (non-hydrogen) atoms. The molecule has 0 radical (unpaired) electrons. The van der Waals surface area contributed by atoms with Gasteiger partial charge < -0.3 is 5.32 Å². The van der Waals surface area contributed by atoms with Crippen LogP contribution in [0.4, 0.5) is 0 Å². The van der Waals surface area contributed by atoms with E-state index in [1.807, 2.05) is 18.2 Å². The third-order valence-corrected chi connectivity index (χ3v) is 3.98. The lowest BCUT2D eigenvalue weighted by molar-refractivity contribution is -0.121. The van der Waals surface area contributed by atoms with Crippen LogP contribution in [0.3, 0.4) is 0 Å². The second-order valence-corrected chi connectivity index (χ2v) is 5.61. The third kappa shape index (κ3) is 3.64. The van der Waals surface area contributed by atoms with Gasteiger partial charge in [0.2, 0.25) is 11.8 Å². The highest BCUT2D eigenvalue weighted by Gasteiger charge is 2.12. The predicted molar refractivity (Wildman–Crippen MR) is 83.3 cm³/mol. The topological polar surface area (TPSA) is 96.3 Å². The van der Waals surface area contributed by atoms with Gasteiger partial charge in [0.25, 0.3) is 0 Å². The third-order valence-electron chi connectivity index (χ3n) is 3.43. The van der Waals surface area contributed by atoms with Gasteiger partial charge in [-0.25, -0.2) is 5.43 Å². The van der Waals surface area contributed by atoms with E-state index in [1.54, 1.807) is 0 Å². The Morgan fingerprint density at radius 3 is 2.95 bits per heavy atom. The summed E-state index contributed by atoms with van der Waals surface area (Å²) in [5.74, 6) is -0.101. The van der Waals surface area contributed by atoms with E-state index in [9.17, 15) is 9.59 Å². The fourth-order valence-electron chi connectivity index (χ4n) is 2.18. The van der Waals surface area contributed by atoms with Gasteiger partial charge in [0.1, 0.15) is 11.0 Å². The highest BCUT2D eigenvalue weighted by Crippen LogP contribution is 2.13. The highest BCUT2D eigenvalue weighted by molar-refractivity contribution is 7.00. The maximum atomic E-state index is 11.9. The number of amides is 2. The Morgan fingerprint density at radius 2 is 2.14 bits per heavy atom. The van der Waals surface area contributed by atoms with Crippen LogP contribution in [0, 0.1) is 0 Å². The molecule has 0 unspecified atom stereocenters. The van der Waals surface area contributed by atoms with Crippen LogP contribution >= 0.6 is 11.7 Å². The van der Waals surface area contributed by atoms with Crippen LogP contribution in [0.1, 0.15) is 31.2 Å². The molecule has 1 aliphatic rings. The SMILES string of the molecule is O=C(CCC1=NNC(=O)CC1)NCc1ccc2nsnc2c1.